The molecule has 2 heterocycles. The van der Waals surface area contributed by atoms with Crippen LogP contribution in [-0.4, -0.2) is 22.9 Å². The van der Waals surface area contributed by atoms with E-state index in [0.29, 0.717) is 12.0 Å². The highest BCUT2D eigenvalue weighted by atomic mass is 16.5. The van der Waals surface area contributed by atoms with Gasteiger partial charge in [-0.1, -0.05) is 6.07 Å². The summed E-state index contributed by atoms with van der Waals surface area (Å²) in [4.78, 5) is 0. The SMILES string of the molecule is Cn1cc([C@@H]2OCC[C@H]2CNC2CCCc3cc(C#N)ccc32)cn1. The number of hydrogen-bond donors (Lipinski definition) is 1. The lowest BCUT2D eigenvalue weighted by atomic mass is 9.86. The van der Waals surface area contributed by atoms with E-state index >= 15 is 0 Å². The summed E-state index contributed by atoms with van der Waals surface area (Å²) in [5.74, 6) is 0.480. The van der Waals surface area contributed by atoms with Crippen molar-refractivity contribution in [1.29, 1.82) is 5.26 Å². The lowest BCUT2D eigenvalue weighted by Crippen LogP contribution is -2.31. The van der Waals surface area contributed by atoms with Crippen molar-refractivity contribution in [1.82, 2.24) is 15.1 Å². The van der Waals surface area contributed by atoms with Gasteiger partial charge in [0, 0.05) is 43.9 Å². The van der Waals surface area contributed by atoms with E-state index in [4.69, 9.17) is 10.00 Å². The first kappa shape index (κ1) is 16.3. The molecule has 4 rings (SSSR count). The molecule has 1 fully saturated rings. The largest absolute Gasteiger partial charge is 0.373 e. The minimum Gasteiger partial charge on any atom is -0.373 e. The molecule has 5 heteroatoms. The van der Waals surface area contributed by atoms with E-state index in [1.165, 1.54) is 23.1 Å². The van der Waals surface area contributed by atoms with Gasteiger partial charge in [-0.15, -0.1) is 0 Å². The number of aryl methyl sites for hydroxylation is 2. The molecule has 25 heavy (non-hydrogen) atoms. The van der Waals surface area contributed by atoms with Crippen LogP contribution in [0.3, 0.4) is 0 Å². The highest BCUT2D eigenvalue weighted by Crippen LogP contribution is 2.35. The zero-order valence-corrected chi connectivity index (χ0v) is 14.6. The third-order valence-corrected chi connectivity index (χ3v) is 5.48. The number of benzene rings is 1. The molecule has 1 N–H and O–H groups in total. The number of aromatic nitrogens is 2. The lowest BCUT2D eigenvalue weighted by molar-refractivity contribution is 0.0895. The number of hydrogen-bond acceptors (Lipinski definition) is 4. The predicted molar refractivity (Wildman–Crippen MR) is 94.8 cm³/mol. The van der Waals surface area contributed by atoms with E-state index in [9.17, 15) is 0 Å². The first-order chi connectivity index (χ1) is 12.2. The topological polar surface area (TPSA) is 62.9 Å². The van der Waals surface area contributed by atoms with Crippen LogP contribution in [0.1, 0.15) is 53.7 Å². The van der Waals surface area contributed by atoms with Gasteiger partial charge in [-0.25, -0.2) is 0 Å². The van der Waals surface area contributed by atoms with E-state index in [0.717, 1.165) is 38.0 Å². The number of ether oxygens (including phenoxy) is 1. The molecule has 1 aromatic carbocycles. The molecule has 3 atom stereocenters. The molecule has 130 valence electrons. The second-order valence-electron chi connectivity index (χ2n) is 7.17. The summed E-state index contributed by atoms with van der Waals surface area (Å²) in [5, 5.41) is 17.2. The quantitative estimate of drug-likeness (QED) is 0.932. The second-order valence-corrected chi connectivity index (χ2v) is 7.17. The van der Waals surface area contributed by atoms with E-state index in [1.807, 2.05) is 24.0 Å². The molecule has 1 aliphatic heterocycles. The van der Waals surface area contributed by atoms with Crippen LogP contribution in [0.4, 0.5) is 0 Å². The van der Waals surface area contributed by atoms with Gasteiger partial charge in [-0.2, -0.15) is 10.4 Å². The maximum atomic E-state index is 9.10. The molecule has 0 saturated carbocycles. The number of nitrogens with zero attached hydrogens (tertiary/aromatic N) is 3. The summed E-state index contributed by atoms with van der Waals surface area (Å²) in [5.41, 5.74) is 4.63. The van der Waals surface area contributed by atoms with Crippen molar-refractivity contribution in [2.75, 3.05) is 13.2 Å². The Hall–Kier alpha value is -2.16. The standard InChI is InChI=1S/C20H24N4O/c1-24-13-17(12-23-24)20-16(7-8-25-20)11-22-19-4-2-3-15-9-14(10-21)5-6-18(15)19/h5-6,9,12-13,16,19-20,22H,2-4,7-8,11H2,1H3/t16-,19?,20+/m0/s1. The van der Waals surface area contributed by atoms with Crippen LogP contribution in [-0.2, 0) is 18.2 Å². The number of fused-ring (bicyclic) bond motifs is 1. The average Bonchev–Trinajstić information content (AvgIpc) is 3.27. The van der Waals surface area contributed by atoms with Gasteiger partial charge in [0.15, 0.2) is 0 Å². The first-order valence-corrected chi connectivity index (χ1v) is 9.11. The second kappa shape index (κ2) is 6.99. The van der Waals surface area contributed by atoms with Crippen molar-refractivity contribution < 1.29 is 4.74 Å². The minimum absolute atomic E-state index is 0.144. The molecule has 0 amide bonds. The number of nitriles is 1. The molecule has 2 aromatic rings. The normalized spacial score (nSPS) is 25.5. The Morgan fingerprint density at radius 2 is 2.32 bits per heavy atom. The Kier molecular flexibility index (Phi) is 4.56. The molecule has 1 unspecified atom stereocenters. The van der Waals surface area contributed by atoms with Crippen LogP contribution in [0.15, 0.2) is 30.6 Å². The van der Waals surface area contributed by atoms with Crippen molar-refractivity contribution in [3.05, 3.63) is 52.8 Å². The van der Waals surface area contributed by atoms with Gasteiger partial charge in [0.25, 0.3) is 0 Å². The molecule has 1 aliphatic carbocycles. The van der Waals surface area contributed by atoms with Crippen LogP contribution in [0, 0.1) is 17.2 Å². The third kappa shape index (κ3) is 3.33. The zero-order valence-electron chi connectivity index (χ0n) is 14.6. The molecule has 0 bridgehead atoms. The van der Waals surface area contributed by atoms with Gasteiger partial charge >= 0.3 is 0 Å². The minimum atomic E-state index is 0.144. The van der Waals surface area contributed by atoms with Crippen molar-refractivity contribution in [3.8, 4) is 6.07 Å². The van der Waals surface area contributed by atoms with Gasteiger partial charge < -0.3 is 10.1 Å². The van der Waals surface area contributed by atoms with Crippen LogP contribution < -0.4 is 5.32 Å². The van der Waals surface area contributed by atoms with Gasteiger partial charge in [0.1, 0.15) is 0 Å². The van der Waals surface area contributed by atoms with Crippen molar-refractivity contribution in [3.63, 3.8) is 0 Å². The molecule has 5 nitrogen and oxygen atoms in total. The van der Waals surface area contributed by atoms with Gasteiger partial charge in [-0.05, 0) is 48.9 Å². The van der Waals surface area contributed by atoms with Gasteiger partial charge in [0.05, 0.1) is 23.9 Å². The Balaban J connectivity index is 1.44. The summed E-state index contributed by atoms with van der Waals surface area (Å²) >= 11 is 0. The highest BCUT2D eigenvalue weighted by molar-refractivity contribution is 5.40. The number of rotatable bonds is 4. The predicted octanol–water partition coefficient (Wildman–Crippen LogP) is 3.04. The molecule has 1 aromatic heterocycles. The Labute approximate surface area is 148 Å². The first-order valence-electron chi connectivity index (χ1n) is 9.11. The van der Waals surface area contributed by atoms with E-state index in [1.54, 1.807) is 0 Å². The fourth-order valence-electron chi connectivity index (χ4n) is 4.19. The monoisotopic (exact) mass is 336 g/mol. The van der Waals surface area contributed by atoms with Gasteiger partial charge in [-0.3, -0.25) is 4.68 Å². The van der Waals surface area contributed by atoms with E-state index < -0.39 is 0 Å². The number of nitrogens with one attached hydrogen (secondary N) is 1. The zero-order chi connectivity index (χ0) is 17.2. The fourth-order valence-corrected chi connectivity index (χ4v) is 4.19. The lowest BCUT2D eigenvalue weighted by Gasteiger charge is -2.28. The van der Waals surface area contributed by atoms with Crippen LogP contribution in [0.5, 0.6) is 0 Å². The Bertz CT molecular complexity index is 791. The smallest absolute Gasteiger partial charge is 0.0991 e. The van der Waals surface area contributed by atoms with Crippen molar-refractivity contribution in [2.24, 2.45) is 13.0 Å². The maximum Gasteiger partial charge on any atom is 0.0991 e. The average molecular weight is 336 g/mol. The molecular formula is C20H24N4O. The third-order valence-electron chi connectivity index (χ3n) is 5.48. The van der Waals surface area contributed by atoms with Crippen LogP contribution in [0.25, 0.3) is 0 Å². The fraction of sp³-hybridized carbons (Fsp3) is 0.500. The van der Waals surface area contributed by atoms with Crippen molar-refractivity contribution in [2.45, 2.75) is 37.8 Å². The molecule has 1 saturated heterocycles. The molecule has 0 spiro atoms. The van der Waals surface area contributed by atoms with E-state index in [-0.39, 0.29) is 6.10 Å². The Morgan fingerprint density at radius 3 is 3.12 bits per heavy atom. The summed E-state index contributed by atoms with van der Waals surface area (Å²) in [7, 11) is 1.94. The molecule has 0 radical (unpaired) electrons. The van der Waals surface area contributed by atoms with Gasteiger partial charge in [0.2, 0.25) is 0 Å². The van der Waals surface area contributed by atoms with E-state index in [2.05, 4.69) is 34.8 Å². The maximum absolute atomic E-state index is 9.10. The van der Waals surface area contributed by atoms with Crippen LogP contribution >= 0.6 is 0 Å². The molecular weight excluding hydrogens is 312 g/mol. The van der Waals surface area contributed by atoms with Crippen molar-refractivity contribution >= 4 is 0 Å². The summed E-state index contributed by atoms with van der Waals surface area (Å²) in [6.45, 7) is 1.77. The summed E-state index contributed by atoms with van der Waals surface area (Å²) < 4.78 is 7.81. The molecule has 2 aliphatic rings. The van der Waals surface area contributed by atoms with Crippen LogP contribution in [0.2, 0.25) is 0 Å². The summed E-state index contributed by atoms with van der Waals surface area (Å²) in [6.07, 6.45) is 8.61. The summed E-state index contributed by atoms with van der Waals surface area (Å²) in [6, 6.07) is 8.76. The Morgan fingerprint density at radius 1 is 1.40 bits per heavy atom. The highest BCUT2D eigenvalue weighted by Gasteiger charge is 2.31.